The van der Waals surface area contributed by atoms with Gasteiger partial charge in [0.2, 0.25) is 5.88 Å². The summed E-state index contributed by atoms with van der Waals surface area (Å²) in [7, 11) is 0. The number of aromatic nitrogens is 3. The lowest BCUT2D eigenvalue weighted by Crippen LogP contribution is -2.12. The highest BCUT2D eigenvalue weighted by atomic mass is 32.1. The van der Waals surface area contributed by atoms with Gasteiger partial charge in [-0.05, 0) is 26.3 Å². The molecule has 1 N–H and O–H groups in total. The summed E-state index contributed by atoms with van der Waals surface area (Å²) in [6.07, 6.45) is 0.671. The molecule has 0 saturated carbocycles. The summed E-state index contributed by atoms with van der Waals surface area (Å²) in [5.41, 5.74) is 4.01. The summed E-state index contributed by atoms with van der Waals surface area (Å²) < 4.78 is 5.49. The first kappa shape index (κ1) is 14.4. The van der Waals surface area contributed by atoms with Crippen molar-refractivity contribution in [1.82, 2.24) is 15.2 Å². The lowest BCUT2D eigenvalue weighted by atomic mass is 10.1. The molecule has 0 aliphatic heterocycles. The number of carbonyl (C=O) groups is 1. The number of nitrogens with zero attached hydrogens (tertiary/aromatic N) is 3. The van der Waals surface area contributed by atoms with Crippen LogP contribution in [0.1, 0.15) is 32.2 Å². The van der Waals surface area contributed by atoms with E-state index in [1.165, 1.54) is 0 Å². The monoisotopic (exact) mass is 293 g/mol. The zero-order valence-electron chi connectivity index (χ0n) is 11.5. The molecular formula is C13H15N3O3S. The van der Waals surface area contributed by atoms with Crippen LogP contribution in [0.2, 0.25) is 0 Å². The molecule has 0 unspecified atom stereocenters. The maximum absolute atomic E-state index is 11.3. The third-order valence-electron chi connectivity index (χ3n) is 3.05. The fourth-order valence-electron chi connectivity index (χ4n) is 1.75. The molecule has 0 radical (unpaired) electrons. The van der Waals surface area contributed by atoms with Crippen LogP contribution in [0, 0.1) is 20.8 Å². The van der Waals surface area contributed by atoms with Crippen molar-refractivity contribution >= 4 is 17.3 Å². The normalized spacial score (nSPS) is 10.6. The first-order valence-electron chi connectivity index (χ1n) is 6.09. The molecule has 0 bridgehead atoms. The van der Waals surface area contributed by atoms with Crippen molar-refractivity contribution in [1.29, 1.82) is 0 Å². The molecule has 0 fully saturated rings. The molecule has 2 aromatic heterocycles. The van der Waals surface area contributed by atoms with E-state index < -0.39 is 5.97 Å². The van der Waals surface area contributed by atoms with Gasteiger partial charge >= 0.3 is 5.97 Å². The minimum atomic E-state index is -1.05. The van der Waals surface area contributed by atoms with E-state index in [1.807, 2.05) is 6.92 Å². The van der Waals surface area contributed by atoms with E-state index in [0.717, 1.165) is 10.6 Å². The Balaban J connectivity index is 2.12. The van der Waals surface area contributed by atoms with E-state index >= 15 is 0 Å². The lowest BCUT2D eigenvalue weighted by molar-refractivity contribution is 0.0689. The standard InChI is InChI=1S/C13H15N3O3S/c1-7-8(2)15-16-12(11(7)13(17)18)19-5-4-10-9(3)14-6-20-10/h6H,4-5H2,1-3H3,(H,17,18). The van der Waals surface area contributed by atoms with E-state index in [0.29, 0.717) is 24.3 Å². The maximum Gasteiger partial charge on any atom is 0.341 e. The molecule has 0 spiro atoms. The third kappa shape index (κ3) is 2.93. The largest absolute Gasteiger partial charge is 0.477 e. The van der Waals surface area contributed by atoms with Crippen LogP contribution < -0.4 is 4.74 Å². The maximum atomic E-state index is 11.3. The van der Waals surface area contributed by atoms with Crippen molar-refractivity contribution < 1.29 is 14.6 Å². The molecule has 0 aromatic carbocycles. The number of ether oxygens (including phenoxy) is 1. The van der Waals surface area contributed by atoms with E-state index in [-0.39, 0.29) is 11.4 Å². The molecule has 2 aromatic rings. The molecule has 2 rings (SSSR count). The second kappa shape index (κ2) is 5.96. The van der Waals surface area contributed by atoms with Crippen molar-refractivity contribution in [2.24, 2.45) is 0 Å². The number of hydrogen-bond acceptors (Lipinski definition) is 6. The number of aromatic carboxylic acids is 1. The smallest absolute Gasteiger partial charge is 0.341 e. The van der Waals surface area contributed by atoms with Crippen LogP contribution in [0.4, 0.5) is 0 Å². The van der Waals surface area contributed by atoms with Gasteiger partial charge in [0, 0.05) is 11.3 Å². The molecule has 6 nitrogen and oxygen atoms in total. The minimum absolute atomic E-state index is 0.0720. The molecular weight excluding hydrogens is 278 g/mol. The zero-order chi connectivity index (χ0) is 14.7. The predicted octanol–water partition coefficient (Wildman–Crippen LogP) is 2.18. The summed E-state index contributed by atoms with van der Waals surface area (Å²) in [5.74, 6) is -0.979. The lowest BCUT2D eigenvalue weighted by Gasteiger charge is -2.10. The highest BCUT2D eigenvalue weighted by molar-refractivity contribution is 7.09. The average molecular weight is 293 g/mol. The van der Waals surface area contributed by atoms with Gasteiger partial charge in [-0.1, -0.05) is 0 Å². The Morgan fingerprint density at radius 1 is 1.30 bits per heavy atom. The molecule has 0 atom stereocenters. The first-order chi connectivity index (χ1) is 9.50. The summed E-state index contributed by atoms with van der Waals surface area (Å²) in [4.78, 5) is 16.6. The summed E-state index contributed by atoms with van der Waals surface area (Å²) in [6.45, 7) is 5.71. The van der Waals surface area contributed by atoms with Crippen LogP contribution >= 0.6 is 11.3 Å². The zero-order valence-corrected chi connectivity index (χ0v) is 12.3. The number of rotatable bonds is 5. The highest BCUT2D eigenvalue weighted by Crippen LogP contribution is 2.21. The van der Waals surface area contributed by atoms with Gasteiger partial charge in [0.15, 0.2) is 0 Å². The molecule has 106 valence electrons. The van der Waals surface area contributed by atoms with Crippen LogP contribution in [0.15, 0.2) is 5.51 Å². The van der Waals surface area contributed by atoms with Crippen LogP contribution in [0.5, 0.6) is 5.88 Å². The number of carboxylic acids is 1. The minimum Gasteiger partial charge on any atom is -0.477 e. The van der Waals surface area contributed by atoms with E-state index in [2.05, 4.69) is 15.2 Å². The van der Waals surface area contributed by atoms with Gasteiger partial charge in [-0.3, -0.25) is 0 Å². The van der Waals surface area contributed by atoms with Gasteiger partial charge in [-0.15, -0.1) is 16.4 Å². The van der Waals surface area contributed by atoms with Crippen LogP contribution in [0.25, 0.3) is 0 Å². The number of hydrogen-bond donors (Lipinski definition) is 1. The van der Waals surface area contributed by atoms with Gasteiger partial charge in [-0.25, -0.2) is 9.78 Å². The molecule has 0 saturated heterocycles. The quantitative estimate of drug-likeness (QED) is 0.909. The van der Waals surface area contributed by atoms with Crippen molar-refractivity contribution in [3.63, 3.8) is 0 Å². The van der Waals surface area contributed by atoms with Gasteiger partial charge in [0.1, 0.15) is 5.56 Å². The van der Waals surface area contributed by atoms with Crippen molar-refractivity contribution in [3.05, 3.63) is 32.9 Å². The van der Waals surface area contributed by atoms with Crippen molar-refractivity contribution in [3.8, 4) is 5.88 Å². The Labute approximate surface area is 120 Å². The summed E-state index contributed by atoms with van der Waals surface area (Å²) in [6, 6.07) is 0. The average Bonchev–Trinajstić information content (AvgIpc) is 2.79. The molecule has 0 aliphatic carbocycles. The first-order valence-corrected chi connectivity index (χ1v) is 6.97. The van der Waals surface area contributed by atoms with Crippen molar-refractivity contribution in [2.75, 3.05) is 6.61 Å². The topological polar surface area (TPSA) is 85.2 Å². The van der Waals surface area contributed by atoms with E-state index in [4.69, 9.17) is 4.74 Å². The third-order valence-corrected chi connectivity index (χ3v) is 4.04. The van der Waals surface area contributed by atoms with Gasteiger partial charge in [0.05, 0.1) is 23.5 Å². The van der Waals surface area contributed by atoms with Gasteiger partial charge in [0.25, 0.3) is 0 Å². The second-order valence-corrected chi connectivity index (χ2v) is 5.29. The molecule has 20 heavy (non-hydrogen) atoms. The number of carboxylic acid groups (broad SMARTS) is 1. The Kier molecular flexibility index (Phi) is 4.29. The van der Waals surface area contributed by atoms with Crippen LogP contribution in [-0.2, 0) is 6.42 Å². The van der Waals surface area contributed by atoms with Gasteiger partial charge < -0.3 is 9.84 Å². The van der Waals surface area contributed by atoms with E-state index in [1.54, 1.807) is 30.7 Å². The fourth-order valence-corrected chi connectivity index (χ4v) is 2.51. The molecule has 0 aliphatic rings. The Morgan fingerprint density at radius 2 is 2.05 bits per heavy atom. The second-order valence-electron chi connectivity index (χ2n) is 4.36. The number of aryl methyl sites for hydroxylation is 2. The SMILES string of the molecule is Cc1ncsc1CCOc1nnc(C)c(C)c1C(=O)O. The van der Waals surface area contributed by atoms with Crippen LogP contribution in [-0.4, -0.2) is 32.9 Å². The Hall–Kier alpha value is -2.02. The molecule has 2 heterocycles. The highest BCUT2D eigenvalue weighted by Gasteiger charge is 2.19. The molecule has 7 heteroatoms. The summed E-state index contributed by atoms with van der Waals surface area (Å²) in [5, 5.41) is 17.0. The Morgan fingerprint density at radius 3 is 2.65 bits per heavy atom. The van der Waals surface area contributed by atoms with Crippen LogP contribution in [0.3, 0.4) is 0 Å². The Bertz CT molecular complexity index is 640. The van der Waals surface area contributed by atoms with Crippen molar-refractivity contribution in [2.45, 2.75) is 27.2 Å². The van der Waals surface area contributed by atoms with Gasteiger partial charge in [-0.2, -0.15) is 5.10 Å². The fraction of sp³-hybridized carbons (Fsp3) is 0.385. The number of thiazole rings is 1. The summed E-state index contributed by atoms with van der Waals surface area (Å²) >= 11 is 1.56. The molecule has 0 amide bonds. The predicted molar refractivity (Wildman–Crippen MR) is 74.5 cm³/mol. The van der Waals surface area contributed by atoms with E-state index in [9.17, 15) is 9.90 Å².